The molecule has 0 aromatic carbocycles. The van der Waals surface area contributed by atoms with E-state index >= 15 is 0 Å². The molecule has 0 bridgehead atoms. The molecule has 3 unspecified atom stereocenters. The van der Waals surface area contributed by atoms with Gasteiger partial charge in [0, 0.05) is 31.2 Å². The van der Waals surface area contributed by atoms with Gasteiger partial charge in [0.1, 0.15) is 0 Å². The van der Waals surface area contributed by atoms with Crippen molar-refractivity contribution >= 4 is 0 Å². The number of aliphatic hydroxyl groups excluding tert-OH is 1. The normalized spacial score (nSPS) is 24.9. The number of nitrogens with two attached hydrogens (primary N) is 1. The molecule has 3 N–H and O–H groups in total. The molecule has 0 saturated carbocycles. The molecule has 0 aromatic heterocycles. The van der Waals surface area contributed by atoms with Crippen molar-refractivity contribution in [1.82, 2.24) is 9.80 Å². The Bertz CT molecular complexity index is 261. The monoisotopic (exact) mass is 271 g/mol. The van der Waals surface area contributed by atoms with Gasteiger partial charge in [0.05, 0.1) is 6.61 Å². The number of likely N-dealkylation sites (N-methyl/N-ethyl adjacent to an activating group) is 1. The first-order chi connectivity index (χ1) is 8.85. The third kappa shape index (κ3) is 4.15. The van der Waals surface area contributed by atoms with Gasteiger partial charge in [-0.15, -0.1) is 0 Å². The fraction of sp³-hybridized carbons (Fsp3) is 1.00. The first-order valence-electron chi connectivity index (χ1n) is 7.69. The van der Waals surface area contributed by atoms with E-state index < -0.39 is 0 Å². The van der Waals surface area contributed by atoms with Gasteiger partial charge in [-0.1, -0.05) is 34.6 Å². The summed E-state index contributed by atoms with van der Waals surface area (Å²) in [5.74, 6) is 0. The van der Waals surface area contributed by atoms with Crippen LogP contribution in [0, 0.1) is 5.41 Å². The second-order valence-corrected chi connectivity index (χ2v) is 6.80. The highest BCUT2D eigenvalue weighted by Gasteiger charge is 2.37. The first kappa shape index (κ1) is 16.9. The maximum atomic E-state index is 9.72. The van der Waals surface area contributed by atoms with E-state index in [0.29, 0.717) is 6.04 Å². The maximum absolute atomic E-state index is 9.72. The van der Waals surface area contributed by atoms with Crippen molar-refractivity contribution in [2.45, 2.75) is 59.2 Å². The molecule has 1 saturated heterocycles. The van der Waals surface area contributed by atoms with Crippen LogP contribution in [0.15, 0.2) is 0 Å². The minimum Gasteiger partial charge on any atom is -0.395 e. The lowest BCUT2D eigenvalue weighted by molar-refractivity contribution is 0.0807. The van der Waals surface area contributed by atoms with Crippen LogP contribution in [0.5, 0.6) is 0 Å². The molecule has 114 valence electrons. The molecule has 3 atom stereocenters. The number of aliphatic hydroxyl groups is 1. The Morgan fingerprint density at radius 1 is 1.32 bits per heavy atom. The Balaban J connectivity index is 2.65. The predicted octanol–water partition coefficient (Wildman–Crippen LogP) is 1.14. The molecule has 4 nitrogen and oxygen atoms in total. The average Bonchev–Trinajstić information content (AvgIpc) is 2.80. The lowest BCUT2D eigenvalue weighted by atomic mass is 9.82. The second kappa shape index (κ2) is 7.02. The summed E-state index contributed by atoms with van der Waals surface area (Å²) >= 11 is 0. The van der Waals surface area contributed by atoms with E-state index in [9.17, 15) is 5.11 Å². The molecule has 1 aliphatic heterocycles. The van der Waals surface area contributed by atoms with Crippen LogP contribution in [0.4, 0.5) is 0 Å². The molecule has 19 heavy (non-hydrogen) atoms. The Kier molecular flexibility index (Phi) is 6.24. The Labute approximate surface area is 118 Å². The van der Waals surface area contributed by atoms with Crippen molar-refractivity contribution in [3.8, 4) is 0 Å². The highest BCUT2D eigenvalue weighted by Crippen LogP contribution is 2.26. The quantitative estimate of drug-likeness (QED) is 0.760. The summed E-state index contributed by atoms with van der Waals surface area (Å²) in [4.78, 5) is 4.90. The molecule has 1 aliphatic rings. The zero-order chi connectivity index (χ0) is 14.6. The molecular weight excluding hydrogens is 238 g/mol. The van der Waals surface area contributed by atoms with Gasteiger partial charge in [0.2, 0.25) is 0 Å². The molecule has 1 fully saturated rings. The minimum absolute atomic E-state index is 0.00736. The van der Waals surface area contributed by atoms with Crippen LogP contribution >= 0.6 is 0 Å². The summed E-state index contributed by atoms with van der Waals surface area (Å²) in [6, 6.07) is 0.713. The molecule has 0 spiro atoms. The lowest BCUT2D eigenvalue weighted by Crippen LogP contribution is -2.55. The topological polar surface area (TPSA) is 52.7 Å². The molecule has 4 heteroatoms. The van der Waals surface area contributed by atoms with E-state index in [0.717, 1.165) is 26.2 Å². The molecule has 0 aromatic rings. The maximum Gasteiger partial charge on any atom is 0.0602 e. The molecule has 1 heterocycles. The van der Waals surface area contributed by atoms with Crippen molar-refractivity contribution in [3.05, 3.63) is 0 Å². The van der Waals surface area contributed by atoms with Crippen LogP contribution in [0.1, 0.15) is 41.0 Å². The zero-order valence-electron chi connectivity index (χ0n) is 13.4. The summed E-state index contributed by atoms with van der Waals surface area (Å²) in [6.07, 6.45) is 1.19. The number of nitrogens with zero attached hydrogens (tertiary/aromatic N) is 2. The van der Waals surface area contributed by atoms with E-state index in [4.69, 9.17) is 5.73 Å². The molecule has 0 radical (unpaired) electrons. The van der Waals surface area contributed by atoms with E-state index in [1.807, 2.05) is 0 Å². The lowest BCUT2D eigenvalue weighted by Gasteiger charge is -2.38. The third-order valence-electron chi connectivity index (χ3n) is 4.59. The SMILES string of the molecule is CCN(CC)C1CCN(C(CO)C(N)C(C)(C)C)C1. The van der Waals surface area contributed by atoms with E-state index in [1.165, 1.54) is 6.42 Å². The highest BCUT2D eigenvalue weighted by atomic mass is 16.3. The average molecular weight is 271 g/mol. The summed E-state index contributed by atoms with van der Waals surface area (Å²) < 4.78 is 0. The van der Waals surface area contributed by atoms with Crippen molar-refractivity contribution < 1.29 is 5.11 Å². The largest absolute Gasteiger partial charge is 0.395 e. The van der Waals surface area contributed by atoms with Gasteiger partial charge < -0.3 is 10.8 Å². The number of hydrogen-bond acceptors (Lipinski definition) is 4. The number of rotatable bonds is 6. The van der Waals surface area contributed by atoms with Crippen LogP contribution in [-0.2, 0) is 0 Å². The van der Waals surface area contributed by atoms with Crippen LogP contribution in [0.25, 0.3) is 0 Å². The minimum atomic E-state index is 0.00736. The Hall–Kier alpha value is -0.160. The number of likely N-dealkylation sites (tertiary alicyclic amines) is 1. The van der Waals surface area contributed by atoms with Crippen molar-refractivity contribution in [2.75, 3.05) is 32.8 Å². The fourth-order valence-corrected chi connectivity index (χ4v) is 3.14. The van der Waals surface area contributed by atoms with Gasteiger partial charge in [0.25, 0.3) is 0 Å². The van der Waals surface area contributed by atoms with Crippen LogP contribution in [-0.4, -0.2) is 65.8 Å². The van der Waals surface area contributed by atoms with Gasteiger partial charge in [-0.05, 0) is 24.9 Å². The molecule has 0 aliphatic carbocycles. The van der Waals surface area contributed by atoms with Crippen molar-refractivity contribution in [2.24, 2.45) is 11.1 Å². The van der Waals surface area contributed by atoms with E-state index in [-0.39, 0.29) is 24.1 Å². The molecule has 1 rings (SSSR count). The van der Waals surface area contributed by atoms with Crippen LogP contribution < -0.4 is 5.73 Å². The van der Waals surface area contributed by atoms with Crippen molar-refractivity contribution in [1.29, 1.82) is 0 Å². The smallest absolute Gasteiger partial charge is 0.0602 e. The van der Waals surface area contributed by atoms with Gasteiger partial charge in [-0.3, -0.25) is 9.80 Å². The van der Waals surface area contributed by atoms with Gasteiger partial charge in [-0.2, -0.15) is 0 Å². The molecule has 0 amide bonds. The zero-order valence-corrected chi connectivity index (χ0v) is 13.4. The van der Waals surface area contributed by atoms with E-state index in [1.54, 1.807) is 0 Å². The second-order valence-electron chi connectivity index (χ2n) is 6.80. The third-order valence-corrected chi connectivity index (χ3v) is 4.59. The van der Waals surface area contributed by atoms with Gasteiger partial charge >= 0.3 is 0 Å². The highest BCUT2D eigenvalue weighted by molar-refractivity contribution is 4.94. The van der Waals surface area contributed by atoms with Gasteiger partial charge in [0.15, 0.2) is 0 Å². The predicted molar refractivity (Wildman–Crippen MR) is 81.2 cm³/mol. The van der Waals surface area contributed by atoms with E-state index in [2.05, 4.69) is 44.4 Å². The van der Waals surface area contributed by atoms with Crippen LogP contribution in [0.2, 0.25) is 0 Å². The summed E-state index contributed by atoms with van der Waals surface area (Å²) in [7, 11) is 0. The van der Waals surface area contributed by atoms with Gasteiger partial charge in [-0.25, -0.2) is 0 Å². The Morgan fingerprint density at radius 3 is 2.32 bits per heavy atom. The molecular formula is C15H33N3O. The summed E-state index contributed by atoms with van der Waals surface area (Å²) in [6.45, 7) is 15.3. The van der Waals surface area contributed by atoms with Crippen LogP contribution in [0.3, 0.4) is 0 Å². The fourth-order valence-electron chi connectivity index (χ4n) is 3.14. The van der Waals surface area contributed by atoms with Crippen molar-refractivity contribution in [3.63, 3.8) is 0 Å². The summed E-state index contributed by atoms with van der Waals surface area (Å²) in [5.41, 5.74) is 6.39. The first-order valence-corrected chi connectivity index (χ1v) is 7.69. The summed E-state index contributed by atoms with van der Waals surface area (Å²) in [5, 5.41) is 9.72. The standard InChI is InChI=1S/C15H33N3O/c1-6-17(7-2)12-8-9-18(10-12)13(11-19)14(16)15(3,4)5/h12-14,19H,6-11,16H2,1-5H3. The number of hydrogen-bond donors (Lipinski definition) is 2. The Morgan fingerprint density at radius 2 is 1.89 bits per heavy atom.